The van der Waals surface area contributed by atoms with Crippen molar-refractivity contribution >= 4 is 29.0 Å². The fourth-order valence-corrected chi connectivity index (χ4v) is 4.55. The standard InChI is InChI=1S/C16H16N2O6S/c1-16(17-12(19)9-24-10-5-3-2-4-6-10)14(22)18-11(13(20)21)7-8-25(23)15(16)18/h2-7,15H,8-9H2,1H3,(H,17,19)(H,20,21)/t15-,16?,25?/m0/s1. The molecule has 2 N–H and O–H groups in total. The third kappa shape index (κ3) is 2.96. The van der Waals surface area contributed by atoms with Gasteiger partial charge in [-0.05, 0) is 36.3 Å². The number of hydrogen-bond donors (Lipinski definition) is 2. The van der Waals surface area contributed by atoms with Crippen LogP contribution in [0, 0.1) is 0 Å². The molecular formula is C16H16N2O6S. The van der Waals surface area contributed by atoms with Crippen LogP contribution >= 0.6 is 0 Å². The smallest absolute Gasteiger partial charge is 0.352 e. The number of ether oxygens (including phenoxy) is 1. The Bertz CT molecular complexity index is 752. The largest absolute Gasteiger partial charge is 0.614 e. The summed E-state index contributed by atoms with van der Waals surface area (Å²) in [6, 6.07) is 8.69. The molecule has 0 radical (unpaired) electrons. The molecule has 0 saturated carbocycles. The van der Waals surface area contributed by atoms with Gasteiger partial charge in [-0.2, -0.15) is 0 Å². The van der Waals surface area contributed by atoms with E-state index in [0.717, 1.165) is 4.90 Å². The van der Waals surface area contributed by atoms with E-state index in [-0.39, 0.29) is 18.1 Å². The fourth-order valence-electron chi connectivity index (χ4n) is 2.92. The topological polar surface area (TPSA) is 119 Å². The lowest BCUT2D eigenvalue weighted by molar-refractivity contribution is -0.158. The number of carbonyl (C=O) groups is 3. The lowest BCUT2D eigenvalue weighted by Gasteiger charge is -2.53. The van der Waals surface area contributed by atoms with Gasteiger partial charge in [0.25, 0.3) is 11.8 Å². The first-order chi connectivity index (χ1) is 11.8. The Morgan fingerprint density at radius 1 is 1.44 bits per heavy atom. The summed E-state index contributed by atoms with van der Waals surface area (Å²) in [6.07, 6.45) is 1.26. The lowest BCUT2D eigenvalue weighted by Crippen LogP contribution is -2.81. The minimum Gasteiger partial charge on any atom is -0.614 e. The second-order valence-corrected chi connectivity index (χ2v) is 7.36. The number of carbonyl (C=O) groups excluding carboxylic acids is 2. The zero-order chi connectivity index (χ0) is 18.2. The molecule has 0 aliphatic carbocycles. The van der Waals surface area contributed by atoms with E-state index in [9.17, 15) is 18.9 Å². The first kappa shape index (κ1) is 17.3. The Morgan fingerprint density at radius 3 is 2.76 bits per heavy atom. The van der Waals surface area contributed by atoms with Gasteiger partial charge >= 0.3 is 5.97 Å². The zero-order valence-electron chi connectivity index (χ0n) is 13.3. The van der Waals surface area contributed by atoms with Crippen molar-refractivity contribution in [2.45, 2.75) is 17.8 Å². The van der Waals surface area contributed by atoms with E-state index in [0.29, 0.717) is 5.75 Å². The van der Waals surface area contributed by atoms with Crippen LogP contribution in [-0.4, -0.2) is 55.6 Å². The number of benzene rings is 1. The number of carboxylic acid groups (broad SMARTS) is 1. The van der Waals surface area contributed by atoms with E-state index in [4.69, 9.17) is 9.84 Å². The molecule has 132 valence electrons. The maximum Gasteiger partial charge on any atom is 0.352 e. The molecule has 3 rings (SSSR count). The van der Waals surface area contributed by atoms with Crippen molar-refractivity contribution in [1.82, 2.24) is 10.2 Å². The normalized spacial score (nSPS) is 27.7. The van der Waals surface area contributed by atoms with E-state index in [1.54, 1.807) is 24.3 Å². The number of para-hydroxylation sites is 1. The molecular weight excluding hydrogens is 348 g/mol. The molecule has 1 aromatic carbocycles. The molecule has 0 bridgehead atoms. The first-order valence-corrected chi connectivity index (χ1v) is 8.86. The summed E-state index contributed by atoms with van der Waals surface area (Å²) >= 11 is -1.50. The molecule has 2 unspecified atom stereocenters. The maximum absolute atomic E-state index is 12.4. The Labute approximate surface area is 146 Å². The summed E-state index contributed by atoms with van der Waals surface area (Å²) in [5, 5.41) is 10.8. The van der Waals surface area contributed by atoms with Gasteiger partial charge in [0, 0.05) is 0 Å². The summed E-state index contributed by atoms with van der Waals surface area (Å²) in [7, 11) is 0. The number of fused-ring (bicyclic) bond motifs is 1. The summed E-state index contributed by atoms with van der Waals surface area (Å²) in [5.74, 6) is -1.91. The molecule has 8 nitrogen and oxygen atoms in total. The van der Waals surface area contributed by atoms with Crippen molar-refractivity contribution < 1.29 is 28.8 Å². The molecule has 2 amide bonds. The Morgan fingerprint density at radius 2 is 2.12 bits per heavy atom. The molecule has 3 atom stereocenters. The second-order valence-electron chi connectivity index (χ2n) is 5.82. The Hall–Kier alpha value is -2.52. The minimum atomic E-state index is -1.50. The highest BCUT2D eigenvalue weighted by Gasteiger charge is 2.67. The van der Waals surface area contributed by atoms with E-state index in [1.165, 1.54) is 13.0 Å². The van der Waals surface area contributed by atoms with E-state index in [1.807, 2.05) is 6.07 Å². The zero-order valence-corrected chi connectivity index (χ0v) is 14.1. The predicted octanol–water partition coefficient (Wildman–Crippen LogP) is -0.161. The quantitative estimate of drug-likeness (QED) is 0.553. The van der Waals surface area contributed by atoms with Gasteiger partial charge in [0.1, 0.15) is 17.2 Å². The van der Waals surface area contributed by atoms with Crippen molar-refractivity contribution in [3.05, 3.63) is 42.1 Å². The monoisotopic (exact) mass is 364 g/mol. The van der Waals surface area contributed by atoms with Gasteiger partial charge < -0.3 is 19.7 Å². The van der Waals surface area contributed by atoms with Gasteiger partial charge in [0.15, 0.2) is 12.1 Å². The van der Waals surface area contributed by atoms with Crippen LogP contribution in [-0.2, 0) is 25.6 Å². The molecule has 1 saturated heterocycles. The third-order valence-electron chi connectivity index (χ3n) is 4.07. The molecule has 2 aliphatic heterocycles. The third-order valence-corrected chi connectivity index (χ3v) is 5.75. The highest BCUT2D eigenvalue weighted by molar-refractivity contribution is 7.92. The second kappa shape index (κ2) is 6.41. The summed E-state index contributed by atoms with van der Waals surface area (Å²) in [4.78, 5) is 36.7. The average molecular weight is 364 g/mol. The van der Waals surface area contributed by atoms with Gasteiger partial charge in [0.05, 0.1) is 0 Å². The molecule has 2 heterocycles. The van der Waals surface area contributed by atoms with Crippen LogP contribution in [0.5, 0.6) is 5.75 Å². The molecule has 1 fully saturated rings. The summed E-state index contributed by atoms with van der Waals surface area (Å²) in [5.41, 5.74) is -1.63. The van der Waals surface area contributed by atoms with E-state index >= 15 is 0 Å². The van der Waals surface area contributed by atoms with Crippen LogP contribution in [0.2, 0.25) is 0 Å². The fraction of sp³-hybridized carbons (Fsp3) is 0.312. The van der Waals surface area contributed by atoms with Crippen LogP contribution in [0.1, 0.15) is 6.92 Å². The van der Waals surface area contributed by atoms with Crippen molar-refractivity contribution in [1.29, 1.82) is 0 Å². The number of nitrogens with zero attached hydrogens (tertiary/aromatic N) is 1. The van der Waals surface area contributed by atoms with Gasteiger partial charge in [-0.25, -0.2) is 4.79 Å². The summed E-state index contributed by atoms with van der Waals surface area (Å²) < 4.78 is 17.6. The first-order valence-electron chi connectivity index (χ1n) is 7.48. The van der Waals surface area contributed by atoms with Gasteiger partial charge in [-0.15, -0.1) is 0 Å². The molecule has 2 aliphatic rings. The van der Waals surface area contributed by atoms with E-state index < -0.39 is 39.9 Å². The highest BCUT2D eigenvalue weighted by Crippen LogP contribution is 2.40. The van der Waals surface area contributed by atoms with Crippen LogP contribution in [0.15, 0.2) is 42.1 Å². The van der Waals surface area contributed by atoms with Crippen molar-refractivity contribution in [2.75, 3.05) is 12.4 Å². The molecule has 9 heteroatoms. The molecule has 1 aromatic rings. The van der Waals surface area contributed by atoms with E-state index in [2.05, 4.69) is 5.32 Å². The number of rotatable bonds is 5. The molecule has 0 spiro atoms. The van der Waals surface area contributed by atoms with Crippen molar-refractivity contribution in [2.24, 2.45) is 0 Å². The lowest BCUT2D eigenvalue weighted by atomic mass is 9.89. The van der Waals surface area contributed by atoms with Crippen molar-refractivity contribution in [3.8, 4) is 5.75 Å². The van der Waals surface area contributed by atoms with Crippen LogP contribution in [0.25, 0.3) is 0 Å². The Kier molecular flexibility index (Phi) is 4.44. The number of amides is 2. The van der Waals surface area contributed by atoms with Crippen LogP contribution in [0.3, 0.4) is 0 Å². The maximum atomic E-state index is 12.4. The number of hydrogen-bond acceptors (Lipinski definition) is 5. The Balaban J connectivity index is 1.68. The number of β-lactam (4-membered cyclic amide) rings is 1. The molecule has 0 aromatic heterocycles. The SMILES string of the molecule is CC1(NC(=O)COc2ccccc2)C(=O)N2C(C(=O)O)=CC[S+]([O-])[C@H]21. The van der Waals surface area contributed by atoms with Gasteiger partial charge in [-0.1, -0.05) is 18.2 Å². The van der Waals surface area contributed by atoms with Gasteiger partial charge in [0.2, 0.25) is 5.37 Å². The average Bonchev–Trinajstić information content (AvgIpc) is 2.59. The van der Waals surface area contributed by atoms with Gasteiger partial charge in [-0.3, -0.25) is 14.5 Å². The van der Waals surface area contributed by atoms with Crippen LogP contribution < -0.4 is 10.1 Å². The predicted molar refractivity (Wildman–Crippen MR) is 87.8 cm³/mol. The highest BCUT2D eigenvalue weighted by atomic mass is 32.2. The number of aliphatic carboxylic acids is 1. The van der Waals surface area contributed by atoms with Crippen LogP contribution in [0.4, 0.5) is 0 Å². The number of nitrogens with one attached hydrogen (secondary N) is 1. The minimum absolute atomic E-state index is 0.0159. The number of carboxylic acids is 1. The van der Waals surface area contributed by atoms with Crippen molar-refractivity contribution in [3.63, 3.8) is 0 Å². The summed E-state index contributed by atoms with van der Waals surface area (Å²) in [6.45, 7) is 1.13. The molecule has 25 heavy (non-hydrogen) atoms.